The number of fused-ring (bicyclic) bond motifs is 1. The van der Waals surface area contributed by atoms with Crippen LogP contribution < -0.4 is 24.4 Å². The van der Waals surface area contributed by atoms with Crippen LogP contribution in [0.5, 0.6) is 11.5 Å². The second-order valence-electron chi connectivity index (χ2n) is 9.43. The molecular weight excluding hydrogens is 729 g/mol. The molecule has 0 spiro atoms. The Morgan fingerprint density at radius 3 is 2.56 bits per heavy atom. The van der Waals surface area contributed by atoms with Crippen LogP contribution in [0.15, 0.2) is 75.7 Å². The second-order valence-corrected chi connectivity index (χ2v) is 12.4. The molecule has 1 aromatic heterocycles. The normalized spacial score (nSPS) is 14.8. The Bertz CT molecular complexity index is 1940. The summed E-state index contributed by atoms with van der Waals surface area (Å²) < 4.78 is 33.4. The summed E-state index contributed by atoms with van der Waals surface area (Å²) in [6.45, 7) is 3.80. The third-order valence-electron chi connectivity index (χ3n) is 6.62. The lowest BCUT2D eigenvalue weighted by Gasteiger charge is -2.24. The molecule has 0 radical (unpaired) electrons. The van der Waals surface area contributed by atoms with E-state index in [1.807, 2.05) is 12.1 Å². The molecule has 0 amide bonds. The van der Waals surface area contributed by atoms with Gasteiger partial charge in [-0.3, -0.25) is 9.36 Å². The van der Waals surface area contributed by atoms with Crippen LogP contribution in [0.1, 0.15) is 36.6 Å². The maximum absolute atomic E-state index is 13.9. The van der Waals surface area contributed by atoms with E-state index in [1.165, 1.54) is 35.1 Å². The molecule has 0 fully saturated rings. The number of hydrogen-bond acceptors (Lipinski definition) is 7. The van der Waals surface area contributed by atoms with E-state index in [4.69, 9.17) is 37.4 Å². The minimum Gasteiger partial charge on any atom is -0.493 e. The summed E-state index contributed by atoms with van der Waals surface area (Å²) in [5.41, 5.74) is 2.42. The number of thiazole rings is 1. The first-order valence-electron chi connectivity index (χ1n) is 13.0. The molecule has 5 rings (SSSR count). The van der Waals surface area contributed by atoms with Crippen molar-refractivity contribution in [1.82, 2.24) is 4.57 Å². The van der Waals surface area contributed by atoms with Gasteiger partial charge < -0.3 is 14.2 Å². The number of esters is 1. The topological polar surface area (TPSA) is 79.1 Å². The summed E-state index contributed by atoms with van der Waals surface area (Å²) in [4.78, 5) is 31.9. The van der Waals surface area contributed by atoms with Crippen molar-refractivity contribution in [2.75, 3.05) is 13.7 Å². The van der Waals surface area contributed by atoms with E-state index < -0.39 is 17.8 Å². The summed E-state index contributed by atoms with van der Waals surface area (Å²) >= 11 is 15.5. The van der Waals surface area contributed by atoms with Gasteiger partial charge in [0.05, 0.1) is 49.2 Å². The van der Waals surface area contributed by atoms with Crippen LogP contribution in [0.2, 0.25) is 10.0 Å². The predicted octanol–water partition coefficient (Wildman–Crippen LogP) is 6.44. The number of nitrogens with zero attached hydrogens (tertiary/aromatic N) is 2. The van der Waals surface area contributed by atoms with Crippen molar-refractivity contribution in [3.05, 3.63) is 122 Å². The van der Waals surface area contributed by atoms with Crippen molar-refractivity contribution in [2.24, 2.45) is 4.99 Å². The summed E-state index contributed by atoms with van der Waals surface area (Å²) in [6.07, 6.45) is 1.74. The molecule has 7 nitrogen and oxygen atoms in total. The van der Waals surface area contributed by atoms with Crippen molar-refractivity contribution >= 4 is 69.2 Å². The largest absolute Gasteiger partial charge is 0.493 e. The van der Waals surface area contributed by atoms with Gasteiger partial charge in [0.25, 0.3) is 5.56 Å². The van der Waals surface area contributed by atoms with Crippen LogP contribution in [0, 0.1) is 9.39 Å². The fourth-order valence-corrected chi connectivity index (χ4v) is 6.80. The molecule has 1 aliphatic rings. The first-order valence-corrected chi connectivity index (χ1v) is 15.7. The lowest BCUT2D eigenvalue weighted by molar-refractivity contribution is -0.139. The monoisotopic (exact) mass is 752 g/mol. The lowest BCUT2D eigenvalue weighted by atomic mass is 9.96. The van der Waals surface area contributed by atoms with Crippen LogP contribution in [-0.2, 0) is 16.1 Å². The molecule has 4 aromatic rings. The second kappa shape index (κ2) is 13.2. The number of allylic oxidation sites excluding steroid dienone is 1. The number of aromatic nitrogens is 1. The van der Waals surface area contributed by atoms with Crippen LogP contribution in [-0.4, -0.2) is 24.3 Å². The highest BCUT2D eigenvalue weighted by atomic mass is 127. The molecule has 0 unspecified atom stereocenters. The van der Waals surface area contributed by atoms with Crippen molar-refractivity contribution in [1.29, 1.82) is 0 Å². The van der Waals surface area contributed by atoms with Crippen LogP contribution >= 0.6 is 57.1 Å². The Kier molecular flexibility index (Phi) is 9.60. The number of rotatable bonds is 8. The van der Waals surface area contributed by atoms with Crippen LogP contribution in [0.25, 0.3) is 6.08 Å². The molecule has 3 aromatic carbocycles. The number of methoxy groups -OCH3 is 1. The summed E-state index contributed by atoms with van der Waals surface area (Å²) in [6, 6.07) is 13.8. The van der Waals surface area contributed by atoms with E-state index in [9.17, 15) is 14.0 Å². The molecule has 0 N–H and O–H groups in total. The third-order valence-corrected chi connectivity index (χ3v) is 9.14. The molecular formula is C31H24Cl2FIN2O5S. The molecule has 1 atom stereocenters. The Balaban J connectivity index is 1.56. The van der Waals surface area contributed by atoms with Crippen LogP contribution in [0.3, 0.4) is 0 Å². The molecule has 2 heterocycles. The number of hydrogen-bond donors (Lipinski definition) is 0. The molecule has 43 heavy (non-hydrogen) atoms. The fraction of sp³-hybridized carbons (Fsp3) is 0.194. The lowest BCUT2D eigenvalue weighted by Crippen LogP contribution is -2.39. The maximum atomic E-state index is 13.9. The highest BCUT2D eigenvalue weighted by Gasteiger charge is 2.33. The van der Waals surface area contributed by atoms with Crippen molar-refractivity contribution in [3.8, 4) is 11.5 Å². The summed E-state index contributed by atoms with van der Waals surface area (Å²) in [5, 5.41) is 0.899. The Labute approximate surface area is 274 Å². The molecule has 0 aliphatic carbocycles. The zero-order valence-electron chi connectivity index (χ0n) is 23.1. The zero-order valence-corrected chi connectivity index (χ0v) is 27.6. The standard InChI is InChI=1S/C31H24Cl2FIN2O5S/c1-4-41-30(39)26-16(2)36-31-37(27(26)19-6-8-20(34)9-7-19)29(38)25(43-31)14-18-12-23(35)28(24(13-18)40-3)42-15-17-5-10-21(32)22(33)11-17/h5-14,27H,4,15H2,1-3H3/b25-14-/t27-/m1/s1. The van der Waals surface area contributed by atoms with Gasteiger partial charge in [0.2, 0.25) is 0 Å². The molecule has 12 heteroatoms. The Morgan fingerprint density at radius 2 is 1.88 bits per heavy atom. The highest BCUT2D eigenvalue weighted by Crippen LogP contribution is 2.35. The molecule has 0 saturated heterocycles. The van der Waals surface area contributed by atoms with Gasteiger partial charge in [-0.15, -0.1) is 0 Å². The first-order chi connectivity index (χ1) is 20.6. The zero-order chi connectivity index (χ0) is 30.8. The van der Waals surface area contributed by atoms with Crippen molar-refractivity contribution in [2.45, 2.75) is 26.5 Å². The fourth-order valence-electron chi connectivity index (χ4n) is 4.65. The molecule has 0 saturated carbocycles. The molecule has 222 valence electrons. The number of benzene rings is 3. The van der Waals surface area contributed by atoms with Gasteiger partial charge >= 0.3 is 5.97 Å². The van der Waals surface area contributed by atoms with Gasteiger partial charge in [0.1, 0.15) is 12.4 Å². The number of halogens is 4. The van der Waals surface area contributed by atoms with Crippen molar-refractivity contribution < 1.29 is 23.4 Å². The number of carbonyl (C=O) groups is 1. The van der Waals surface area contributed by atoms with Gasteiger partial charge in [0, 0.05) is 0 Å². The summed E-state index contributed by atoms with van der Waals surface area (Å²) in [7, 11) is 1.54. The Morgan fingerprint density at radius 1 is 1.14 bits per heavy atom. The average molecular weight is 753 g/mol. The van der Waals surface area contributed by atoms with E-state index in [0.717, 1.165) is 9.13 Å². The summed E-state index contributed by atoms with van der Waals surface area (Å²) in [5.74, 6) is 0.0139. The minimum atomic E-state index is -0.829. The smallest absolute Gasteiger partial charge is 0.338 e. The van der Waals surface area contributed by atoms with Crippen LogP contribution in [0.4, 0.5) is 4.39 Å². The van der Waals surface area contributed by atoms with Gasteiger partial charge in [0.15, 0.2) is 16.3 Å². The van der Waals surface area contributed by atoms with Gasteiger partial charge in [-0.1, -0.05) is 52.7 Å². The first kappa shape index (κ1) is 31.2. The van der Waals surface area contributed by atoms with Gasteiger partial charge in [-0.25, -0.2) is 14.2 Å². The van der Waals surface area contributed by atoms with E-state index in [0.29, 0.717) is 47.7 Å². The van der Waals surface area contributed by atoms with E-state index in [2.05, 4.69) is 27.6 Å². The SMILES string of the molecule is CCOC(=O)C1=C(C)N=c2s/c(=C\c3cc(I)c(OCc4ccc(Cl)c(Cl)c4)c(OC)c3)c(=O)n2[C@@H]1c1ccc(F)cc1. The molecule has 1 aliphatic heterocycles. The minimum absolute atomic E-state index is 0.157. The maximum Gasteiger partial charge on any atom is 0.338 e. The third kappa shape index (κ3) is 6.52. The van der Waals surface area contributed by atoms with Crippen molar-refractivity contribution in [3.63, 3.8) is 0 Å². The van der Waals surface area contributed by atoms with Gasteiger partial charge in [-0.2, -0.15) is 0 Å². The Hall–Kier alpha value is -3.19. The quantitative estimate of drug-likeness (QED) is 0.153. The highest BCUT2D eigenvalue weighted by molar-refractivity contribution is 14.1. The van der Waals surface area contributed by atoms with E-state index >= 15 is 0 Å². The van der Waals surface area contributed by atoms with E-state index in [-0.39, 0.29) is 24.3 Å². The predicted molar refractivity (Wildman–Crippen MR) is 173 cm³/mol. The number of carbonyl (C=O) groups excluding carboxylic acids is 1. The number of ether oxygens (including phenoxy) is 3. The van der Waals surface area contributed by atoms with E-state index in [1.54, 1.807) is 50.3 Å². The van der Waals surface area contributed by atoms with Gasteiger partial charge in [-0.05, 0) is 95.6 Å². The molecule has 0 bridgehead atoms. The average Bonchev–Trinajstić information content (AvgIpc) is 3.27.